The Bertz CT molecular complexity index is 352. The summed E-state index contributed by atoms with van der Waals surface area (Å²) in [6, 6.07) is 0. The Labute approximate surface area is 102 Å². The summed E-state index contributed by atoms with van der Waals surface area (Å²) in [5.41, 5.74) is 0. The summed E-state index contributed by atoms with van der Waals surface area (Å²) >= 11 is 0. The summed E-state index contributed by atoms with van der Waals surface area (Å²) in [6.07, 6.45) is -0.00431. The third-order valence-electron chi connectivity index (χ3n) is 3.50. The maximum Gasteiger partial charge on any atom is 0.282 e. The second-order valence-electron chi connectivity index (χ2n) is 5.06. The van der Waals surface area contributed by atoms with E-state index >= 15 is 0 Å². The van der Waals surface area contributed by atoms with E-state index in [1.165, 1.54) is 8.61 Å². The predicted octanol–water partition coefficient (Wildman–Crippen LogP) is -0.999. The molecule has 0 aliphatic carbocycles. The fraction of sp³-hybridized carbons (Fsp3) is 1.00. The van der Waals surface area contributed by atoms with Crippen LogP contribution in [0.15, 0.2) is 0 Å². The average Bonchev–Trinajstić information content (AvgIpc) is 2.60. The average molecular weight is 264 g/mol. The second-order valence-corrected chi connectivity index (χ2v) is 6.99. The van der Waals surface area contributed by atoms with Crippen molar-refractivity contribution in [1.82, 2.24) is 8.61 Å². The van der Waals surface area contributed by atoms with Crippen molar-refractivity contribution in [2.45, 2.75) is 32.0 Å². The number of piperidine rings is 1. The second kappa shape index (κ2) is 4.81. The van der Waals surface area contributed by atoms with Gasteiger partial charge in [-0.2, -0.15) is 17.0 Å². The van der Waals surface area contributed by atoms with Crippen LogP contribution in [-0.2, 0) is 10.2 Å². The zero-order valence-corrected chi connectivity index (χ0v) is 10.8. The van der Waals surface area contributed by atoms with Gasteiger partial charge in [0.15, 0.2) is 0 Å². The highest BCUT2D eigenvalue weighted by Gasteiger charge is 2.40. The third kappa shape index (κ3) is 2.63. The molecule has 0 aromatic rings. The quantitative estimate of drug-likeness (QED) is 0.670. The minimum absolute atomic E-state index is 0.00557. The van der Waals surface area contributed by atoms with Crippen molar-refractivity contribution in [3.05, 3.63) is 0 Å². The Kier molecular flexibility index (Phi) is 3.74. The highest BCUT2D eigenvalue weighted by molar-refractivity contribution is 7.86. The number of nitrogens with zero attached hydrogens (tertiary/aromatic N) is 2. The standard InChI is InChI=1S/C10H20N2O4S/c1-8-3-2-4-11(5-8)17(15,16)12-6-9(13)10(14)7-12/h8-10,13-14H,2-7H2,1H3. The lowest BCUT2D eigenvalue weighted by Crippen LogP contribution is -2.47. The van der Waals surface area contributed by atoms with Gasteiger partial charge in [0.2, 0.25) is 0 Å². The maximum atomic E-state index is 12.3. The van der Waals surface area contributed by atoms with Crippen LogP contribution in [0.3, 0.4) is 0 Å². The van der Waals surface area contributed by atoms with E-state index in [4.69, 9.17) is 0 Å². The van der Waals surface area contributed by atoms with Crippen LogP contribution in [0, 0.1) is 5.92 Å². The van der Waals surface area contributed by atoms with Gasteiger partial charge in [-0.15, -0.1) is 0 Å². The summed E-state index contributed by atoms with van der Waals surface area (Å²) in [5, 5.41) is 18.8. The van der Waals surface area contributed by atoms with Crippen molar-refractivity contribution in [2.75, 3.05) is 26.2 Å². The first kappa shape index (κ1) is 13.2. The van der Waals surface area contributed by atoms with Crippen molar-refractivity contribution in [1.29, 1.82) is 0 Å². The van der Waals surface area contributed by atoms with Crippen LogP contribution in [-0.4, -0.2) is 65.6 Å². The van der Waals surface area contributed by atoms with Gasteiger partial charge in [0.1, 0.15) is 0 Å². The molecule has 0 aromatic heterocycles. The summed E-state index contributed by atoms with van der Waals surface area (Å²) < 4.78 is 27.2. The van der Waals surface area contributed by atoms with Gasteiger partial charge in [-0.3, -0.25) is 0 Å². The summed E-state index contributed by atoms with van der Waals surface area (Å²) in [6.45, 7) is 3.10. The van der Waals surface area contributed by atoms with Crippen molar-refractivity contribution in [3.63, 3.8) is 0 Å². The highest BCUT2D eigenvalue weighted by Crippen LogP contribution is 2.23. The molecule has 7 heteroatoms. The molecule has 2 saturated heterocycles. The number of hydrogen-bond donors (Lipinski definition) is 2. The van der Waals surface area contributed by atoms with Crippen molar-refractivity contribution >= 4 is 10.2 Å². The van der Waals surface area contributed by atoms with Gasteiger partial charge in [0.25, 0.3) is 10.2 Å². The van der Waals surface area contributed by atoms with Gasteiger partial charge in [0.05, 0.1) is 12.2 Å². The number of rotatable bonds is 2. The Morgan fingerprint density at radius 3 is 2.18 bits per heavy atom. The lowest BCUT2D eigenvalue weighted by atomic mass is 10.0. The molecule has 6 nitrogen and oxygen atoms in total. The Balaban J connectivity index is 2.08. The van der Waals surface area contributed by atoms with Crippen molar-refractivity contribution in [3.8, 4) is 0 Å². The lowest BCUT2D eigenvalue weighted by Gasteiger charge is -2.32. The van der Waals surface area contributed by atoms with Crippen molar-refractivity contribution < 1.29 is 18.6 Å². The van der Waals surface area contributed by atoms with Gasteiger partial charge in [-0.25, -0.2) is 0 Å². The van der Waals surface area contributed by atoms with Gasteiger partial charge in [-0.1, -0.05) is 6.92 Å². The van der Waals surface area contributed by atoms with E-state index in [1.54, 1.807) is 0 Å². The first-order chi connectivity index (χ1) is 7.91. The molecule has 2 aliphatic heterocycles. The third-order valence-corrected chi connectivity index (χ3v) is 5.43. The largest absolute Gasteiger partial charge is 0.389 e. The molecular weight excluding hydrogens is 244 g/mol. The molecule has 0 aromatic carbocycles. The number of β-amino-alcohol motifs (C(OH)–C–C–N with tert-alkyl or cyclic N) is 2. The molecule has 2 heterocycles. The summed E-state index contributed by atoms with van der Waals surface area (Å²) in [7, 11) is -3.51. The van der Waals surface area contributed by atoms with Crippen LogP contribution in [0.25, 0.3) is 0 Å². The van der Waals surface area contributed by atoms with Crippen LogP contribution < -0.4 is 0 Å². The van der Waals surface area contributed by atoms with E-state index in [1.807, 2.05) is 6.92 Å². The van der Waals surface area contributed by atoms with Crippen LogP contribution in [0.5, 0.6) is 0 Å². The van der Waals surface area contributed by atoms with Crippen LogP contribution >= 0.6 is 0 Å². The summed E-state index contributed by atoms with van der Waals surface area (Å²) in [5.74, 6) is 0.371. The molecular formula is C10H20N2O4S. The fourth-order valence-electron chi connectivity index (χ4n) is 2.44. The maximum absolute atomic E-state index is 12.3. The van der Waals surface area contributed by atoms with Crippen LogP contribution in [0.2, 0.25) is 0 Å². The lowest BCUT2D eigenvalue weighted by molar-refractivity contribution is 0.0572. The molecule has 2 aliphatic rings. The van der Waals surface area contributed by atoms with Crippen molar-refractivity contribution in [2.24, 2.45) is 5.92 Å². The van der Waals surface area contributed by atoms with E-state index in [2.05, 4.69) is 0 Å². The van der Waals surface area contributed by atoms with Crippen LogP contribution in [0.1, 0.15) is 19.8 Å². The minimum Gasteiger partial charge on any atom is -0.389 e. The van der Waals surface area contributed by atoms with E-state index in [0.717, 1.165) is 12.8 Å². The van der Waals surface area contributed by atoms with Gasteiger partial charge >= 0.3 is 0 Å². The zero-order valence-electron chi connectivity index (χ0n) is 9.99. The van der Waals surface area contributed by atoms with Gasteiger partial charge in [0, 0.05) is 26.2 Å². The molecule has 0 amide bonds. The van der Waals surface area contributed by atoms with Gasteiger partial charge in [-0.05, 0) is 18.8 Å². The number of aliphatic hydroxyl groups is 2. The predicted molar refractivity (Wildman–Crippen MR) is 62.5 cm³/mol. The van der Waals surface area contributed by atoms with E-state index in [-0.39, 0.29) is 13.1 Å². The number of aliphatic hydroxyl groups excluding tert-OH is 2. The Morgan fingerprint density at radius 2 is 1.65 bits per heavy atom. The van der Waals surface area contributed by atoms with Gasteiger partial charge < -0.3 is 10.2 Å². The van der Waals surface area contributed by atoms with E-state index < -0.39 is 22.4 Å². The minimum atomic E-state index is -3.51. The molecule has 0 bridgehead atoms. The molecule has 17 heavy (non-hydrogen) atoms. The van der Waals surface area contributed by atoms with Crippen LogP contribution in [0.4, 0.5) is 0 Å². The van der Waals surface area contributed by atoms with E-state index in [9.17, 15) is 18.6 Å². The summed E-state index contributed by atoms with van der Waals surface area (Å²) in [4.78, 5) is 0. The first-order valence-electron chi connectivity index (χ1n) is 6.02. The molecule has 100 valence electrons. The molecule has 3 unspecified atom stereocenters. The topological polar surface area (TPSA) is 81.1 Å². The monoisotopic (exact) mass is 264 g/mol. The fourth-order valence-corrected chi connectivity index (χ4v) is 4.25. The molecule has 2 N–H and O–H groups in total. The SMILES string of the molecule is CC1CCCN(S(=O)(=O)N2CC(O)C(O)C2)C1. The molecule has 0 spiro atoms. The molecule has 2 rings (SSSR count). The normalized spacial score (nSPS) is 37.5. The van der Waals surface area contributed by atoms with E-state index in [0.29, 0.717) is 19.0 Å². The highest BCUT2D eigenvalue weighted by atomic mass is 32.2. The molecule has 2 fully saturated rings. The smallest absolute Gasteiger partial charge is 0.282 e. The Hall–Kier alpha value is -0.210. The molecule has 0 radical (unpaired) electrons. The molecule has 3 atom stereocenters. The zero-order chi connectivity index (χ0) is 12.6. The Morgan fingerprint density at radius 1 is 1.06 bits per heavy atom. The first-order valence-corrected chi connectivity index (χ1v) is 7.42. The molecule has 0 saturated carbocycles. The number of hydrogen-bond acceptors (Lipinski definition) is 4.